The van der Waals surface area contributed by atoms with Crippen LogP contribution in [-0.2, 0) is 4.79 Å². The van der Waals surface area contributed by atoms with Crippen molar-refractivity contribution in [3.63, 3.8) is 0 Å². The maximum Gasteiger partial charge on any atom is 0.246 e. The van der Waals surface area contributed by atoms with Gasteiger partial charge >= 0.3 is 0 Å². The highest BCUT2D eigenvalue weighted by Crippen LogP contribution is 2.21. The Bertz CT molecular complexity index is 192. The third-order valence-corrected chi connectivity index (χ3v) is 2.96. The van der Waals surface area contributed by atoms with Crippen LogP contribution in [0.25, 0.3) is 0 Å². The van der Waals surface area contributed by atoms with Crippen molar-refractivity contribution in [2.75, 3.05) is 6.54 Å². The van der Waals surface area contributed by atoms with Crippen molar-refractivity contribution >= 4 is 5.91 Å². The van der Waals surface area contributed by atoms with E-state index in [-0.39, 0.29) is 5.91 Å². The monoisotopic (exact) mass is 194 g/mol. The van der Waals surface area contributed by atoms with Gasteiger partial charge in [0.2, 0.25) is 5.91 Å². The first-order valence-corrected chi connectivity index (χ1v) is 5.52. The lowest BCUT2D eigenvalue weighted by Crippen LogP contribution is -2.38. The molecule has 0 spiro atoms. The summed E-state index contributed by atoms with van der Waals surface area (Å²) in [6.07, 6.45) is 8.77. The van der Waals surface area contributed by atoms with Crippen LogP contribution in [0.3, 0.4) is 0 Å². The van der Waals surface area contributed by atoms with E-state index in [0.717, 1.165) is 12.8 Å². The van der Waals surface area contributed by atoms with E-state index >= 15 is 0 Å². The zero-order chi connectivity index (χ0) is 10.4. The first-order chi connectivity index (χ1) is 6.79. The third kappa shape index (κ3) is 2.86. The Morgan fingerprint density at radius 1 is 1.29 bits per heavy atom. The maximum absolute atomic E-state index is 11.5. The molecule has 0 aromatic heterocycles. The number of hydrogen-bond donors (Lipinski definition) is 0. The van der Waals surface area contributed by atoms with Crippen molar-refractivity contribution < 1.29 is 4.79 Å². The highest BCUT2D eigenvalue weighted by atomic mass is 16.2. The molecule has 1 fully saturated rings. The highest BCUT2D eigenvalue weighted by Gasteiger charge is 2.21. The first-order valence-electron chi connectivity index (χ1n) is 5.52. The largest absolute Gasteiger partial charge is 0.336 e. The van der Waals surface area contributed by atoms with Gasteiger partial charge in [0.05, 0.1) is 0 Å². The summed E-state index contributed by atoms with van der Waals surface area (Å²) in [4.78, 5) is 13.4. The van der Waals surface area contributed by atoms with E-state index in [1.807, 2.05) is 4.90 Å². The molecule has 1 rings (SSSR count). The summed E-state index contributed by atoms with van der Waals surface area (Å²) in [7, 11) is 0. The van der Waals surface area contributed by atoms with Crippen LogP contribution in [0.4, 0.5) is 0 Å². The van der Waals surface area contributed by atoms with Gasteiger partial charge in [0, 0.05) is 12.6 Å². The van der Waals surface area contributed by atoms with Crippen molar-refractivity contribution in [1.29, 1.82) is 0 Å². The number of hydrogen-bond acceptors (Lipinski definition) is 1. The Morgan fingerprint density at radius 2 is 1.86 bits per heavy atom. The average molecular weight is 194 g/mol. The fourth-order valence-electron chi connectivity index (χ4n) is 2.16. The summed E-state index contributed by atoms with van der Waals surface area (Å²) in [6, 6.07) is 0.403. The predicted molar refractivity (Wildman–Crippen MR) is 58.8 cm³/mol. The molecule has 1 aliphatic carbocycles. The summed E-state index contributed by atoms with van der Waals surface area (Å²) < 4.78 is 0. The van der Waals surface area contributed by atoms with E-state index in [1.54, 1.807) is 0 Å². The molecular weight excluding hydrogens is 174 g/mol. The Labute approximate surface area is 87.0 Å². The molecule has 0 aromatic rings. The summed E-state index contributed by atoms with van der Waals surface area (Å²) in [5.74, 6) is 0.0342. The van der Waals surface area contributed by atoms with Gasteiger partial charge in [-0.25, -0.2) is 0 Å². The van der Waals surface area contributed by atoms with Crippen molar-refractivity contribution in [3.05, 3.63) is 19.6 Å². The van der Waals surface area contributed by atoms with E-state index < -0.39 is 0 Å². The summed E-state index contributed by atoms with van der Waals surface area (Å²) in [6.45, 7) is 7.91. The number of rotatable bonds is 3. The summed E-state index contributed by atoms with van der Waals surface area (Å²) in [5, 5.41) is 0. The van der Waals surface area contributed by atoms with E-state index in [4.69, 9.17) is 0 Å². The van der Waals surface area contributed by atoms with Gasteiger partial charge < -0.3 is 4.90 Å². The Kier molecular flexibility index (Phi) is 4.71. The molecule has 2 nitrogen and oxygen atoms in total. The van der Waals surface area contributed by atoms with E-state index in [0.29, 0.717) is 12.6 Å². The zero-order valence-electron chi connectivity index (χ0n) is 8.87. The lowest BCUT2D eigenvalue weighted by atomic mass is 10.1. The lowest BCUT2D eigenvalue weighted by molar-refractivity contribution is -0.127. The lowest BCUT2D eigenvalue weighted by Gasteiger charge is -2.29. The minimum absolute atomic E-state index is 0.0342. The van der Waals surface area contributed by atoms with Crippen LogP contribution in [0.2, 0.25) is 0 Å². The van der Waals surface area contributed by atoms with Gasteiger partial charge in [-0.15, -0.1) is 0 Å². The van der Waals surface area contributed by atoms with Gasteiger partial charge in [-0.3, -0.25) is 4.79 Å². The fraction of sp³-hybridized carbons (Fsp3) is 0.667. The van der Waals surface area contributed by atoms with Crippen molar-refractivity contribution in [2.24, 2.45) is 0 Å². The molecule has 1 saturated carbocycles. The van der Waals surface area contributed by atoms with Crippen LogP contribution in [-0.4, -0.2) is 23.4 Å². The SMILES string of the molecule is [CH2]CN(C(=O)C=C)C1CCCCCC1. The van der Waals surface area contributed by atoms with Crippen molar-refractivity contribution in [1.82, 2.24) is 4.90 Å². The molecule has 14 heavy (non-hydrogen) atoms. The Morgan fingerprint density at radius 3 is 2.29 bits per heavy atom. The minimum Gasteiger partial charge on any atom is -0.336 e. The number of amides is 1. The number of carbonyl (C=O) groups excluding carboxylic acids is 1. The summed E-state index contributed by atoms with van der Waals surface area (Å²) in [5.41, 5.74) is 0. The minimum atomic E-state index is 0.0342. The standard InChI is InChI=1S/C12H20NO/c1-3-12(14)13(4-2)11-9-7-5-6-8-10-11/h3,11H,1-2,4-10H2. The second-order valence-electron chi connectivity index (χ2n) is 3.88. The van der Waals surface area contributed by atoms with Gasteiger partial charge in [0.1, 0.15) is 0 Å². The quantitative estimate of drug-likeness (QED) is 0.499. The van der Waals surface area contributed by atoms with Crippen LogP contribution in [0.15, 0.2) is 12.7 Å². The van der Waals surface area contributed by atoms with Gasteiger partial charge in [-0.1, -0.05) is 32.3 Å². The Balaban J connectivity index is 2.56. The molecule has 0 unspecified atom stereocenters. The molecule has 0 bridgehead atoms. The molecule has 1 radical (unpaired) electrons. The first kappa shape index (κ1) is 11.3. The van der Waals surface area contributed by atoms with Gasteiger partial charge in [0.15, 0.2) is 0 Å². The van der Waals surface area contributed by atoms with Crippen LogP contribution in [0, 0.1) is 6.92 Å². The maximum atomic E-state index is 11.5. The molecule has 79 valence electrons. The van der Waals surface area contributed by atoms with Crippen LogP contribution in [0.1, 0.15) is 38.5 Å². The molecule has 0 heterocycles. The third-order valence-electron chi connectivity index (χ3n) is 2.96. The van der Waals surface area contributed by atoms with E-state index in [2.05, 4.69) is 13.5 Å². The molecule has 0 saturated heterocycles. The molecule has 0 N–H and O–H groups in total. The summed E-state index contributed by atoms with van der Waals surface area (Å²) >= 11 is 0. The Hall–Kier alpha value is -0.790. The topological polar surface area (TPSA) is 20.3 Å². The highest BCUT2D eigenvalue weighted by molar-refractivity contribution is 5.87. The van der Waals surface area contributed by atoms with Crippen molar-refractivity contribution in [2.45, 2.75) is 44.6 Å². The normalized spacial score (nSPS) is 18.6. The van der Waals surface area contributed by atoms with Gasteiger partial charge in [-0.05, 0) is 25.8 Å². The zero-order valence-corrected chi connectivity index (χ0v) is 8.87. The molecule has 0 aliphatic heterocycles. The van der Waals surface area contributed by atoms with Gasteiger partial charge in [-0.2, -0.15) is 0 Å². The second-order valence-corrected chi connectivity index (χ2v) is 3.88. The van der Waals surface area contributed by atoms with Crippen molar-refractivity contribution in [3.8, 4) is 0 Å². The number of carbonyl (C=O) groups is 1. The molecule has 0 atom stereocenters. The number of nitrogens with zero attached hydrogens (tertiary/aromatic N) is 1. The molecular formula is C12H20NO. The molecule has 1 amide bonds. The van der Waals surface area contributed by atoms with Crippen LogP contribution < -0.4 is 0 Å². The van der Waals surface area contributed by atoms with Crippen LogP contribution >= 0.6 is 0 Å². The molecule has 0 aromatic carbocycles. The van der Waals surface area contributed by atoms with E-state index in [1.165, 1.54) is 31.8 Å². The van der Waals surface area contributed by atoms with Crippen LogP contribution in [0.5, 0.6) is 0 Å². The fourth-order valence-corrected chi connectivity index (χ4v) is 2.16. The van der Waals surface area contributed by atoms with Gasteiger partial charge in [0.25, 0.3) is 0 Å². The second kappa shape index (κ2) is 5.84. The smallest absolute Gasteiger partial charge is 0.246 e. The van der Waals surface area contributed by atoms with E-state index in [9.17, 15) is 4.79 Å². The predicted octanol–water partition coefficient (Wildman–Crippen LogP) is 2.56. The average Bonchev–Trinajstić information content (AvgIpc) is 2.47. The molecule has 2 heteroatoms. The molecule has 1 aliphatic rings.